The van der Waals surface area contributed by atoms with Crippen molar-refractivity contribution in [1.29, 1.82) is 0 Å². The molecule has 5 aromatic heterocycles. The second kappa shape index (κ2) is 6.69. The smallest absolute Gasteiger partial charge is 0.159 e. The monoisotopic (exact) mass is 450 g/mol. The Morgan fingerprint density at radius 3 is 2.82 bits per heavy atom. The first kappa shape index (κ1) is 18.5. The number of rotatable bonds is 4. The largest absolute Gasteiger partial charge is 0.376 e. The van der Waals surface area contributed by atoms with Gasteiger partial charge in [0, 0.05) is 48.8 Å². The summed E-state index contributed by atoms with van der Waals surface area (Å²) in [4.78, 5) is 24.0. The molecule has 0 aromatic carbocycles. The van der Waals surface area contributed by atoms with Gasteiger partial charge in [0.1, 0.15) is 11.2 Å². The van der Waals surface area contributed by atoms with Crippen LogP contribution in [0.5, 0.6) is 0 Å². The molecule has 9 heteroatoms. The molecular weight excluding hydrogens is 432 g/mol. The number of fused-ring (bicyclic) bond motifs is 3. The van der Waals surface area contributed by atoms with Crippen LogP contribution >= 0.6 is 11.3 Å². The minimum atomic E-state index is 0.181. The van der Waals surface area contributed by atoms with Gasteiger partial charge in [-0.15, -0.1) is 0 Å². The second-order valence-electron chi connectivity index (χ2n) is 8.40. The van der Waals surface area contributed by atoms with Crippen LogP contribution < -0.4 is 15.6 Å². The molecule has 6 heterocycles. The van der Waals surface area contributed by atoms with Crippen molar-refractivity contribution >= 4 is 39.7 Å². The summed E-state index contributed by atoms with van der Waals surface area (Å²) < 4.78 is 0. The lowest BCUT2D eigenvalue weighted by Crippen LogP contribution is -2.26. The van der Waals surface area contributed by atoms with Crippen molar-refractivity contribution in [2.24, 2.45) is 10.9 Å². The minimum Gasteiger partial charge on any atom is -0.376 e. The van der Waals surface area contributed by atoms with Gasteiger partial charge in [0.15, 0.2) is 11.3 Å². The third kappa shape index (κ3) is 2.79. The van der Waals surface area contributed by atoms with E-state index in [1.807, 2.05) is 32.7 Å². The number of hydrogen-bond acceptors (Lipinski definition) is 7. The number of imidazole rings is 1. The van der Waals surface area contributed by atoms with Crippen LogP contribution in [0.25, 0.3) is 45.3 Å². The molecule has 1 aliphatic carbocycles. The van der Waals surface area contributed by atoms with Crippen molar-refractivity contribution in [1.82, 2.24) is 30.1 Å². The lowest BCUT2D eigenvalue weighted by atomic mass is 10.1. The molecule has 2 N–H and O–H groups in total. The van der Waals surface area contributed by atoms with E-state index in [9.17, 15) is 0 Å². The zero-order chi connectivity index (χ0) is 22.1. The Kier molecular flexibility index (Phi) is 3.74. The number of aromatic nitrogens is 6. The van der Waals surface area contributed by atoms with Crippen molar-refractivity contribution < 1.29 is 0 Å². The normalized spacial score (nSPS) is 16.2. The van der Waals surface area contributed by atoms with Crippen LogP contribution in [0.1, 0.15) is 5.56 Å². The fourth-order valence-corrected chi connectivity index (χ4v) is 5.05. The maximum atomic E-state index is 4.90. The molecule has 0 bridgehead atoms. The molecule has 2 aliphatic rings. The van der Waals surface area contributed by atoms with Crippen LogP contribution in [0.3, 0.4) is 0 Å². The predicted octanol–water partition coefficient (Wildman–Crippen LogP) is 2.99. The number of hydrogen-bond donors (Lipinski definition) is 2. The summed E-state index contributed by atoms with van der Waals surface area (Å²) >= 11 is 1.66. The molecule has 1 aliphatic heterocycles. The van der Waals surface area contributed by atoms with Gasteiger partial charge in [-0.25, -0.2) is 9.98 Å². The highest BCUT2D eigenvalue weighted by Crippen LogP contribution is 2.49. The Bertz CT molecular complexity index is 1700. The molecule has 5 aromatic rings. The molecule has 0 saturated carbocycles. The van der Waals surface area contributed by atoms with E-state index in [1.54, 1.807) is 17.5 Å². The van der Waals surface area contributed by atoms with Crippen LogP contribution in [0, 0.1) is 5.92 Å². The van der Waals surface area contributed by atoms with E-state index in [-0.39, 0.29) is 5.92 Å². The molecule has 8 nitrogen and oxygen atoms in total. The molecule has 0 spiro atoms. The summed E-state index contributed by atoms with van der Waals surface area (Å²) in [6.45, 7) is 0. The van der Waals surface area contributed by atoms with Gasteiger partial charge < -0.3 is 9.88 Å². The third-order valence-electron chi connectivity index (χ3n) is 6.15. The number of nitrogens with zero attached hydrogens (tertiary/aromatic N) is 6. The number of anilines is 1. The van der Waals surface area contributed by atoms with Crippen LogP contribution in [-0.2, 0) is 0 Å². The van der Waals surface area contributed by atoms with Gasteiger partial charge in [-0.05, 0) is 34.0 Å². The molecule has 1 unspecified atom stereocenters. The van der Waals surface area contributed by atoms with E-state index in [0.29, 0.717) is 5.82 Å². The van der Waals surface area contributed by atoms with E-state index in [4.69, 9.17) is 9.98 Å². The Morgan fingerprint density at radius 1 is 1.06 bits per heavy atom. The molecule has 1 atom stereocenters. The third-order valence-corrected chi connectivity index (χ3v) is 6.83. The van der Waals surface area contributed by atoms with Gasteiger partial charge >= 0.3 is 0 Å². The van der Waals surface area contributed by atoms with Crippen molar-refractivity contribution in [2.75, 3.05) is 19.0 Å². The van der Waals surface area contributed by atoms with Crippen LogP contribution in [0.15, 0.2) is 58.4 Å². The summed E-state index contributed by atoms with van der Waals surface area (Å²) in [5, 5.41) is 12.8. The molecule has 7 rings (SSSR count). The summed E-state index contributed by atoms with van der Waals surface area (Å²) in [6, 6.07) is 4.24. The Hall–Kier alpha value is -4.11. The van der Waals surface area contributed by atoms with Crippen molar-refractivity contribution in [3.05, 3.63) is 69.6 Å². The summed E-state index contributed by atoms with van der Waals surface area (Å²) in [5.41, 5.74) is 9.91. The Balaban J connectivity index is 1.30. The number of thiophene rings is 1. The SMILES string of the molecule is CN(C)c1cncc(C2=C3N=c4[nH]nc(-c5nc6c(-c7ccsc7)cncc6[nH]5)c4=CC32)c1. The average molecular weight is 451 g/mol. The quantitative estimate of drug-likeness (QED) is 0.439. The van der Waals surface area contributed by atoms with Gasteiger partial charge in [-0.3, -0.25) is 15.1 Å². The molecule has 33 heavy (non-hydrogen) atoms. The Labute approximate surface area is 192 Å². The highest BCUT2D eigenvalue weighted by atomic mass is 32.1. The van der Waals surface area contributed by atoms with Crippen molar-refractivity contribution in [3.63, 3.8) is 0 Å². The number of H-pyrrole nitrogens is 2. The molecular formula is C24H18N8S. The van der Waals surface area contributed by atoms with Crippen LogP contribution in [-0.4, -0.2) is 44.2 Å². The van der Waals surface area contributed by atoms with E-state index >= 15 is 0 Å². The zero-order valence-electron chi connectivity index (χ0n) is 17.9. The standard InChI is InChI=1S/C24H18N8S/c1-32(2)14-5-13(7-25-8-14)19-15-6-16-22(30-31-23(16)29-21(15)19)24-27-18-10-26-9-17(20(18)28-24)12-3-4-33-11-12/h3-11,15H,1-2H3,(H,27,28)(H,29,31). The van der Waals surface area contributed by atoms with Crippen molar-refractivity contribution in [2.45, 2.75) is 0 Å². The first-order valence-corrected chi connectivity index (χ1v) is 11.5. The molecule has 160 valence electrons. The van der Waals surface area contributed by atoms with E-state index in [1.165, 1.54) is 5.57 Å². The van der Waals surface area contributed by atoms with Gasteiger partial charge in [0.05, 0.1) is 29.3 Å². The molecule has 0 saturated heterocycles. The molecule has 0 radical (unpaired) electrons. The van der Waals surface area contributed by atoms with E-state index < -0.39 is 0 Å². The fraction of sp³-hybridized carbons (Fsp3) is 0.125. The maximum Gasteiger partial charge on any atom is 0.159 e. The number of aromatic amines is 2. The number of pyridine rings is 2. The van der Waals surface area contributed by atoms with Crippen LogP contribution in [0.2, 0.25) is 0 Å². The number of allylic oxidation sites excluding steroid dienone is 2. The van der Waals surface area contributed by atoms with Gasteiger partial charge in [-0.1, -0.05) is 6.08 Å². The minimum absolute atomic E-state index is 0.181. The first-order valence-electron chi connectivity index (χ1n) is 10.6. The van der Waals surface area contributed by atoms with Gasteiger partial charge in [0.25, 0.3) is 0 Å². The van der Waals surface area contributed by atoms with Gasteiger partial charge in [0.2, 0.25) is 0 Å². The summed E-state index contributed by atoms with van der Waals surface area (Å²) in [6.07, 6.45) is 9.66. The second-order valence-corrected chi connectivity index (χ2v) is 9.18. The van der Waals surface area contributed by atoms with Gasteiger partial charge in [-0.2, -0.15) is 16.4 Å². The van der Waals surface area contributed by atoms with E-state index in [2.05, 4.69) is 59.0 Å². The highest BCUT2D eigenvalue weighted by Gasteiger charge is 2.38. The lowest BCUT2D eigenvalue weighted by molar-refractivity contribution is 0.991. The maximum absolute atomic E-state index is 4.90. The van der Waals surface area contributed by atoms with Crippen molar-refractivity contribution in [3.8, 4) is 22.6 Å². The summed E-state index contributed by atoms with van der Waals surface area (Å²) in [7, 11) is 4.04. The summed E-state index contributed by atoms with van der Waals surface area (Å²) in [5.74, 6) is 0.890. The predicted molar refractivity (Wildman–Crippen MR) is 129 cm³/mol. The lowest BCUT2D eigenvalue weighted by Gasteiger charge is -2.12. The van der Waals surface area contributed by atoms with E-state index in [0.717, 1.165) is 55.5 Å². The highest BCUT2D eigenvalue weighted by molar-refractivity contribution is 7.08. The number of nitrogens with one attached hydrogen (secondary N) is 2. The average Bonchev–Trinajstić information content (AvgIpc) is 3.26. The zero-order valence-corrected chi connectivity index (χ0v) is 18.7. The Morgan fingerprint density at radius 2 is 1.97 bits per heavy atom. The molecule has 0 amide bonds. The first-order chi connectivity index (χ1) is 16.2. The fourth-order valence-electron chi connectivity index (χ4n) is 4.39. The topological polar surface area (TPSA) is 98.7 Å². The molecule has 0 fully saturated rings. The van der Waals surface area contributed by atoms with Crippen LogP contribution in [0.4, 0.5) is 5.69 Å².